The fourth-order valence-corrected chi connectivity index (χ4v) is 2.26. The minimum Gasteiger partial charge on any atom is -0.497 e. The number of carbonyl (C=O) groups excluding carboxylic acids is 2. The third kappa shape index (κ3) is 5.88. The Morgan fingerprint density at radius 2 is 1.74 bits per heavy atom. The van der Waals surface area contributed by atoms with E-state index in [4.69, 9.17) is 14.2 Å². The van der Waals surface area contributed by atoms with E-state index in [0.717, 1.165) is 5.56 Å². The van der Waals surface area contributed by atoms with E-state index in [1.165, 1.54) is 20.1 Å². The van der Waals surface area contributed by atoms with Gasteiger partial charge in [0.15, 0.2) is 6.10 Å². The molecule has 1 unspecified atom stereocenters. The van der Waals surface area contributed by atoms with Crippen molar-refractivity contribution in [1.29, 1.82) is 0 Å². The van der Waals surface area contributed by atoms with Crippen molar-refractivity contribution in [2.24, 2.45) is 0 Å². The molecule has 0 fully saturated rings. The minimum absolute atomic E-state index is 0.400. The van der Waals surface area contributed by atoms with E-state index in [-0.39, 0.29) is 0 Å². The van der Waals surface area contributed by atoms with Crippen molar-refractivity contribution in [2.75, 3.05) is 19.5 Å². The Morgan fingerprint density at radius 3 is 2.37 bits per heavy atom. The lowest BCUT2D eigenvalue weighted by Gasteiger charge is -2.12. The highest BCUT2D eigenvalue weighted by Gasteiger charge is 2.16. The number of aryl methyl sites for hydroxylation is 1. The molecule has 6 nitrogen and oxygen atoms in total. The maximum atomic E-state index is 12.1. The topological polar surface area (TPSA) is 73.9 Å². The lowest BCUT2D eigenvalue weighted by molar-refractivity contribution is -0.148. The van der Waals surface area contributed by atoms with Gasteiger partial charge in [-0.25, -0.2) is 4.79 Å². The zero-order chi connectivity index (χ0) is 19.8. The van der Waals surface area contributed by atoms with Crippen molar-refractivity contribution in [3.05, 3.63) is 59.7 Å². The minimum atomic E-state index is -0.929. The van der Waals surface area contributed by atoms with Crippen LogP contribution in [0.1, 0.15) is 18.1 Å². The van der Waals surface area contributed by atoms with E-state index in [2.05, 4.69) is 5.32 Å². The average Bonchev–Trinajstić information content (AvgIpc) is 2.67. The van der Waals surface area contributed by atoms with Crippen LogP contribution >= 0.6 is 0 Å². The molecule has 0 saturated carbocycles. The molecule has 0 aromatic heterocycles. The Morgan fingerprint density at radius 1 is 1.04 bits per heavy atom. The van der Waals surface area contributed by atoms with Crippen molar-refractivity contribution in [1.82, 2.24) is 0 Å². The Hall–Kier alpha value is -3.28. The standard InChI is InChI=1S/C21H23NO5/c1-14-5-9-17(10-6-14)22-21(24)15(2)27-20(23)12-8-16-7-11-18(25-3)13-19(16)26-4/h5-13,15H,1-4H3,(H,22,24). The van der Waals surface area contributed by atoms with Gasteiger partial charge < -0.3 is 19.5 Å². The number of hydrogen-bond acceptors (Lipinski definition) is 5. The third-order valence-electron chi connectivity index (χ3n) is 3.82. The van der Waals surface area contributed by atoms with Gasteiger partial charge in [-0.1, -0.05) is 17.7 Å². The summed E-state index contributed by atoms with van der Waals surface area (Å²) in [5.74, 6) is 0.179. The number of carbonyl (C=O) groups is 2. The lowest BCUT2D eigenvalue weighted by atomic mass is 10.1. The summed E-state index contributed by atoms with van der Waals surface area (Å²) in [6.45, 7) is 3.48. The Bertz CT molecular complexity index is 827. The molecule has 6 heteroatoms. The van der Waals surface area contributed by atoms with Crippen LogP contribution < -0.4 is 14.8 Å². The largest absolute Gasteiger partial charge is 0.497 e. The highest BCUT2D eigenvalue weighted by Crippen LogP contribution is 2.25. The molecular weight excluding hydrogens is 346 g/mol. The van der Waals surface area contributed by atoms with Crippen LogP contribution in [-0.4, -0.2) is 32.2 Å². The van der Waals surface area contributed by atoms with Gasteiger partial charge in [-0.3, -0.25) is 4.79 Å². The number of rotatable bonds is 7. The van der Waals surface area contributed by atoms with Gasteiger partial charge in [0.1, 0.15) is 11.5 Å². The van der Waals surface area contributed by atoms with Gasteiger partial charge in [-0.2, -0.15) is 0 Å². The van der Waals surface area contributed by atoms with E-state index in [1.807, 2.05) is 19.1 Å². The smallest absolute Gasteiger partial charge is 0.331 e. The summed E-state index contributed by atoms with van der Waals surface area (Å²) in [6, 6.07) is 12.6. The molecule has 1 atom stereocenters. The van der Waals surface area contributed by atoms with Crippen LogP contribution in [0.2, 0.25) is 0 Å². The van der Waals surface area contributed by atoms with Crippen LogP contribution in [0, 0.1) is 6.92 Å². The van der Waals surface area contributed by atoms with E-state index in [9.17, 15) is 9.59 Å². The second kappa shape index (κ2) is 9.43. The van der Waals surface area contributed by atoms with Gasteiger partial charge in [-0.15, -0.1) is 0 Å². The molecule has 27 heavy (non-hydrogen) atoms. The SMILES string of the molecule is COc1ccc(C=CC(=O)OC(C)C(=O)Nc2ccc(C)cc2)c(OC)c1. The molecule has 0 bridgehead atoms. The Balaban J connectivity index is 1.95. The summed E-state index contributed by atoms with van der Waals surface area (Å²) in [5, 5.41) is 2.70. The predicted octanol–water partition coefficient (Wildman–Crippen LogP) is 3.60. The van der Waals surface area contributed by atoms with Crippen LogP contribution in [0.4, 0.5) is 5.69 Å². The molecule has 2 aromatic carbocycles. The molecule has 0 heterocycles. The van der Waals surface area contributed by atoms with Crippen molar-refractivity contribution < 1.29 is 23.8 Å². The van der Waals surface area contributed by atoms with Gasteiger partial charge in [-0.05, 0) is 44.2 Å². The third-order valence-corrected chi connectivity index (χ3v) is 3.82. The quantitative estimate of drug-likeness (QED) is 0.596. The highest BCUT2D eigenvalue weighted by molar-refractivity contribution is 5.96. The fraction of sp³-hybridized carbons (Fsp3) is 0.238. The molecule has 2 rings (SSSR count). The molecular formula is C21H23NO5. The van der Waals surface area contributed by atoms with Gasteiger partial charge in [0, 0.05) is 23.4 Å². The average molecular weight is 369 g/mol. The number of ether oxygens (including phenoxy) is 3. The molecule has 1 amide bonds. The first kappa shape index (κ1) is 20.0. The summed E-state index contributed by atoms with van der Waals surface area (Å²) in [5.41, 5.74) is 2.42. The first-order valence-electron chi connectivity index (χ1n) is 8.41. The summed E-state index contributed by atoms with van der Waals surface area (Å²) in [6.07, 6.45) is 1.88. The van der Waals surface area contributed by atoms with Crippen LogP contribution in [0.5, 0.6) is 11.5 Å². The number of hydrogen-bond donors (Lipinski definition) is 1. The zero-order valence-corrected chi connectivity index (χ0v) is 15.8. The van der Waals surface area contributed by atoms with Gasteiger partial charge in [0.2, 0.25) is 0 Å². The number of methoxy groups -OCH3 is 2. The molecule has 0 aliphatic carbocycles. The number of esters is 1. The monoisotopic (exact) mass is 369 g/mol. The van der Waals surface area contributed by atoms with Gasteiger partial charge in [0.05, 0.1) is 14.2 Å². The molecule has 142 valence electrons. The van der Waals surface area contributed by atoms with E-state index in [0.29, 0.717) is 22.7 Å². The molecule has 0 saturated heterocycles. The van der Waals surface area contributed by atoms with E-state index < -0.39 is 18.0 Å². The molecule has 1 N–H and O–H groups in total. The van der Waals surface area contributed by atoms with Crippen molar-refractivity contribution in [3.63, 3.8) is 0 Å². The number of anilines is 1. The number of benzene rings is 2. The maximum Gasteiger partial charge on any atom is 0.331 e. The second-order valence-corrected chi connectivity index (χ2v) is 5.88. The number of amides is 1. The van der Waals surface area contributed by atoms with Gasteiger partial charge >= 0.3 is 5.97 Å². The van der Waals surface area contributed by atoms with Gasteiger partial charge in [0.25, 0.3) is 5.91 Å². The fourth-order valence-electron chi connectivity index (χ4n) is 2.26. The predicted molar refractivity (Wildman–Crippen MR) is 104 cm³/mol. The number of nitrogens with one attached hydrogen (secondary N) is 1. The molecule has 2 aromatic rings. The molecule has 0 aliphatic heterocycles. The van der Waals surface area contributed by atoms with Crippen molar-refractivity contribution in [2.45, 2.75) is 20.0 Å². The Labute approximate surface area is 158 Å². The summed E-state index contributed by atoms with van der Waals surface area (Å²) in [7, 11) is 3.09. The van der Waals surface area contributed by atoms with E-state index in [1.54, 1.807) is 43.5 Å². The molecule has 0 spiro atoms. The van der Waals surface area contributed by atoms with Crippen molar-refractivity contribution >= 4 is 23.6 Å². The summed E-state index contributed by atoms with van der Waals surface area (Å²) < 4.78 is 15.5. The van der Waals surface area contributed by atoms with Crippen molar-refractivity contribution in [3.8, 4) is 11.5 Å². The van der Waals surface area contributed by atoms with E-state index >= 15 is 0 Å². The highest BCUT2D eigenvalue weighted by atomic mass is 16.5. The van der Waals surface area contributed by atoms with Crippen LogP contribution in [0.3, 0.4) is 0 Å². The molecule has 0 radical (unpaired) electrons. The second-order valence-electron chi connectivity index (χ2n) is 5.88. The first-order chi connectivity index (χ1) is 12.9. The zero-order valence-electron chi connectivity index (χ0n) is 15.8. The molecule has 0 aliphatic rings. The van der Waals surface area contributed by atoms with Crippen LogP contribution in [0.15, 0.2) is 48.5 Å². The summed E-state index contributed by atoms with van der Waals surface area (Å²) >= 11 is 0. The first-order valence-corrected chi connectivity index (χ1v) is 8.41. The summed E-state index contributed by atoms with van der Waals surface area (Å²) in [4.78, 5) is 24.1. The Kier molecular flexibility index (Phi) is 7.00. The maximum absolute atomic E-state index is 12.1. The van der Waals surface area contributed by atoms with Crippen LogP contribution in [-0.2, 0) is 14.3 Å². The normalized spacial score (nSPS) is 11.7. The van der Waals surface area contributed by atoms with Crippen LogP contribution in [0.25, 0.3) is 6.08 Å². The lowest BCUT2D eigenvalue weighted by Crippen LogP contribution is -2.29.